The van der Waals surface area contributed by atoms with Crippen LogP contribution in [0.4, 0.5) is 9.18 Å². The second-order valence-corrected chi connectivity index (χ2v) is 4.08. The first-order chi connectivity index (χ1) is 8.84. The van der Waals surface area contributed by atoms with Crippen molar-refractivity contribution >= 4 is 11.9 Å². The first-order valence-corrected chi connectivity index (χ1v) is 5.27. The molecule has 1 aliphatic rings. The average molecular weight is 267 g/mol. The van der Waals surface area contributed by atoms with Crippen molar-refractivity contribution in [2.45, 2.75) is 12.5 Å². The first-order valence-electron chi connectivity index (χ1n) is 5.27. The van der Waals surface area contributed by atoms with E-state index < -0.39 is 34.9 Å². The van der Waals surface area contributed by atoms with Gasteiger partial charge < -0.3 is 14.9 Å². The maximum absolute atomic E-state index is 13.2. The van der Waals surface area contributed by atoms with Crippen molar-refractivity contribution in [3.63, 3.8) is 0 Å². The van der Waals surface area contributed by atoms with E-state index in [-0.39, 0.29) is 5.56 Å². The quantitative estimate of drug-likeness (QED) is 0.757. The van der Waals surface area contributed by atoms with Gasteiger partial charge in [0.1, 0.15) is 5.82 Å². The fraction of sp³-hybridized carbons (Fsp3) is 0.167. The van der Waals surface area contributed by atoms with Gasteiger partial charge >= 0.3 is 6.09 Å². The first kappa shape index (κ1) is 12.9. The van der Waals surface area contributed by atoms with E-state index in [2.05, 4.69) is 0 Å². The number of Topliss-reactive ketones (excluding diaryl/α,β-unsaturated/α-hetero) is 1. The molecule has 2 rings (SSSR count). The Morgan fingerprint density at radius 3 is 2.74 bits per heavy atom. The Balaban J connectivity index is 2.39. The lowest BCUT2D eigenvalue weighted by molar-refractivity contribution is -0.131. The lowest BCUT2D eigenvalue weighted by Crippen LogP contribution is -2.32. The number of halogens is 1. The predicted molar refractivity (Wildman–Crippen MR) is 60.7 cm³/mol. The van der Waals surface area contributed by atoms with Crippen LogP contribution in [-0.2, 0) is 15.1 Å². The lowest BCUT2D eigenvalue weighted by atomic mass is 9.91. The topological polar surface area (TPSA) is 95.9 Å². The van der Waals surface area contributed by atoms with Gasteiger partial charge in [-0.3, -0.25) is 10.1 Å². The van der Waals surface area contributed by atoms with E-state index in [1.165, 1.54) is 25.1 Å². The van der Waals surface area contributed by atoms with E-state index in [0.717, 1.165) is 6.07 Å². The Hall–Kier alpha value is -2.57. The van der Waals surface area contributed by atoms with Gasteiger partial charge in [0.25, 0.3) is 5.78 Å². The molecule has 0 radical (unpaired) electrons. The number of amides is 1. The number of aliphatic hydroxyl groups excluding tert-OH is 1. The number of ether oxygens (including phenoxy) is 1. The standard InChI is InChI=1S/C12H10FNO5/c1-12(6-3-2-4-7(13)5-6)9(16)8(15)10(19-12)14-11(17)18/h2-5,14-15H,1H3,(H,17,18). The molecule has 1 aromatic rings. The van der Waals surface area contributed by atoms with Gasteiger partial charge in [-0.15, -0.1) is 0 Å². The minimum Gasteiger partial charge on any atom is -0.501 e. The van der Waals surface area contributed by atoms with Crippen LogP contribution in [0.2, 0.25) is 0 Å². The Morgan fingerprint density at radius 2 is 2.16 bits per heavy atom. The number of carbonyl (C=O) groups excluding carboxylic acids is 1. The number of rotatable bonds is 2. The van der Waals surface area contributed by atoms with Crippen LogP contribution >= 0.6 is 0 Å². The van der Waals surface area contributed by atoms with Crippen molar-refractivity contribution < 1.29 is 28.9 Å². The maximum Gasteiger partial charge on any atom is 0.411 e. The summed E-state index contributed by atoms with van der Waals surface area (Å²) in [6.45, 7) is 1.32. The van der Waals surface area contributed by atoms with Gasteiger partial charge in [0.15, 0.2) is 5.60 Å². The van der Waals surface area contributed by atoms with Crippen LogP contribution in [0.3, 0.4) is 0 Å². The normalized spacial score (nSPS) is 22.3. The van der Waals surface area contributed by atoms with Crippen LogP contribution in [0.15, 0.2) is 35.9 Å². The van der Waals surface area contributed by atoms with E-state index >= 15 is 0 Å². The van der Waals surface area contributed by atoms with Gasteiger partial charge in [-0.25, -0.2) is 9.18 Å². The summed E-state index contributed by atoms with van der Waals surface area (Å²) in [5, 5.41) is 19.9. The van der Waals surface area contributed by atoms with Crippen LogP contribution in [0.5, 0.6) is 0 Å². The molecular weight excluding hydrogens is 257 g/mol. The van der Waals surface area contributed by atoms with E-state index in [0.29, 0.717) is 0 Å². The van der Waals surface area contributed by atoms with Crippen molar-refractivity contribution in [3.8, 4) is 0 Å². The highest BCUT2D eigenvalue weighted by atomic mass is 19.1. The summed E-state index contributed by atoms with van der Waals surface area (Å²) in [6, 6.07) is 5.09. The number of hydrogen-bond acceptors (Lipinski definition) is 4. The van der Waals surface area contributed by atoms with Gasteiger partial charge in [-0.1, -0.05) is 12.1 Å². The Bertz CT molecular complexity index is 598. The average Bonchev–Trinajstić information content (AvgIpc) is 2.55. The van der Waals surface area contributed by atoms with Gasteiger partial charge in [0.05, 0.1) is 0 Å². The van der Waals surface area contributed by atoms with Crippen LogP contribution in [-0.4, -0.2) is 22.1 Å². The Kier molecular flexibility index (Phi) is 2.89. The van der Waals surface area contributed by atoms with Crippen LogP contribution in [0.25, 0.3) is 0 Å². The molecular formula is C12H10FNO5. The van der Waals surface area contributed by atoms with Crippen molar-refractivity contribution in [2.75, 3.05) is 0 Å². The largest absolute Gasteiger partial charge is 0.501 e. The molecule has 0 saturated heterocycles. The smallest absolute Gasteiger partial charge is 0.411 e. The molecule has 1 unspecified atom stereocenters. The summed E-state index contributed by atoms with van der Waals surface area (Å²) in [6.07, 6.45) is -1.49. The molecule has 1 heterocycles. The summed E-state index contributed by atoms with van der Waals surface area (Å²) in [5.41, 5.74) is -1.49. The van der Waals surface area contributed by atoms with Crippen molar-refractivity contribution in [2.24, 2.45) is 0 Å². The molecule has 7 heteroatoms. The molecule has 0 fully saturated rings. The molecule has 0 saturated carbocycles. The zero-order valence-electron chi connectivity index (χ0n) is 9.81. The Morgan fingerprint density at radius 1 is 1.47 bits per heavy atom. The number of carbonyl (C=O) groups is 2. The fourth-order valence-corrected chi connectivity index (χ4v) is 1.78. The number of ketones is 1. The van der Waals surface area contributed by atoms with E-state index in [1.54, 1.807) is 5.32 Å². The minimum atomic E-state index is -1.66. The second-order valence-electron chi connectivity index (χ2n) is 4.08. The monoisotopic (exact) mass is 267 g/mol. The number of hydrogen-bond donors (Lipinski definition) is 3. The molecule has 1 aliphatic heterocycles. The summed E-state index contributed by atoms with van der Waals surface area (Å²) >= 11 is 0. The summed E-state index contributed by atoms with van der Waals surface area (Å²) in [4.78, 5) is 22.4. The number of carboxylic acid groups (broad SMARTS) is 1. The Labute approximate surface area is 107 Å². The molecule has 0 aliphatic carbocycles. The van der Waals surface area contributed by atoms with Crippen LogP contribution in [0.1, 0.15) is 12.5 Å². The summed E-state index contributed by atoms with van der Waals surface area (Å²) in [5.74, 6) is -2.82. The molecule has 6 nitrogen and oxygen atoms in total. The number of nitrogens with one attached hydrogen (secondary N) is 1. The van der Waals surface area contributed by atoms with Crippen molar-refractivity contribution in [3.05, 3.63) is 47.3 Å². The maximum atomic E-state index is 13.2. The van der Waals surface area contributed by atoms with Gasteiger partial charge in [0, 0.05) is 5.56 Å². The molecule has 0 aromatic heterocycles. The van der Waals surface area contributed by atoms with Crippen molar-refractivity contribution in [1.82, 2.24) is 5.32 Å². The highest BCUT2D eigenvalue weighted by Gasteiger charge is 2.48. The third kappa shape index (κ3) is 2.10. The third-order valence-electron chi connectivity index (χ3n) is 2.77. The molecule has 100 valence electrons. The SMILES string of the molecule is CC1(c2cccc(F)c2)OC(NC(=O)O)=C(O)C1=O. The van der Waals surface area contributed by atoms with Crippen LogP contribution < -0.4 is 5.32 Å². The van der Waals surface area contributed by atoms with Crippen LogP contribution in [0, 0.1) is 5.82 Å². The van der Waals surface area contributed by atoms with E-state index in [1.807, 2.05) is 0 Å². The van der Waals surface area contributed by atoms with E-state index in [9.17, 15) is 19.1 Å². The summed E-state index contributed by atoms with van der Waals surface area (Å²) < 4.78 is 18.3. The molecule has 19 heavy (non-hydrogen) atoms. The van der Waals surface area contributed by atoms with Crippen molar-refractivity contribution in [1.29, 1.82) is 0 Å². The van der Waals surface area contributed by atoms with Gasteiger partial charge in [0.2, 0.25) is 11.6 Å². The minimum absolute atomic E-state index is 0.172. The molecule has 3 N–H and O–H groups in total. The summed E-state index contributed by atoms with van der Waals surface area (Å²) in [7, 11) is 0. The predicted octanol–water partition coefficient (Wildman–Crippen LogP) is 1.63. The highest BCUT2D eigenvalue weighted by Crippen LogP contribution is 2.36. The highest BCUT2D eigenvalue weighted by molar-refractivity contribution is 6.03. The molecule has 0 bridgehead atoms. The lowest BCUT2D eigenvalue weighted by Gasteiger charge is -2.23. The van der Waals surface area contributed by atoms with Gasteiger partial charge in [-0.05, 0) is 19.1 Å². The molecule has 1 aromatic carbocycles. The zero-order chi connectivity index (χ0) is 14.2. The molecule has 0 spiro atoms. The number of benzene rings is 1. The molecule has 1 amide bonds. The molecule has 1 atom stereocenters. The van der Waals surface area contributed by atoms with Gasteiger partial charge in [-0.2, -0.15) is 0 Å². The zero-order valence-corrected chi connectivity index (χ0v) is 9.81. The van der Waals surface area contributed by atoms with E-state index in [4.69, 9.17) is 9.84 Å². The fourth-order valence-electron chi connectivity index (χ4n) is 1.78. The second kappa shape index (κ2) is 4.27. The number of aliphatic hydroxyl groups is 1. The third-order valence-corrected chi connectivity index (χ3v) is 2.77.